The summed E-state index contributed by atoms with van der Waals surface area (Å²) < 4.78 is 23.6. The molecule has 0 saturated heterocycles. The van der Waals surface area contributed by atoms with Crippen LogP contribution in [0.1, 0.15) is 18.9 Å². The summed E-state index contributed by atoms with van der Waals surface area (Å²) in [4.78, 5) is 22.9. The average Bonchev–Trinajstić information content (AvgIpc) is 2.45. The molecule has 1 aromatic rings. The lowest BCUT2D eigenvalue weighted by Crippen LogP contribution is -2.38. The molecule has 1 aliphatic carbocycles. The molecule has 7 nitrogen and oxygen atoms in total. The normalized spacial score (nSPS) is 21.3. The van der Waals surface area contributed by atoms with Gasteiger partial charge in [-0.3, -0.25) is 4.79 Å². The number of carboxylic acid groups (broad SMARTS) is 2. The Morgan fingerprint density at radius 2 is 1.83 bits per heavy atom. The SMILES string of the molecule is CC1=CC(C(=O)O)(c2ccccc2S(N)(=O)=O)CC(C(=O)O)=C1. The quantitative estimate of drug-likeness (QED) is 0.750. The van der Waals surface area contributed by atoms with E-state index in [9.17, 15) is 28.2 Å². The minimum atomic E-state index is -4.17. The molecule has 122 valence electrons. The first kappa shape index (κ1) is 16.9. The van der Waals surface area contributed by atoms with Crippen LogP contribution in [0.4, 0.5) is 0 Å². The fourth-order valence-electron chi connectivity index (χ4n) is 2.75. The third kappa shape index (κ3) is 3.03. The van der Waals surface area contributed by atoms with Crippen LogP contribution >= 0.6 is 0 Å². The second-order valence-corrected chi connectivity index (χ2v) is 6.89. The molecular formula is C15H15NO6S. The van der Waals surface area contributed by atoms with E-state index >= 15 is 0 Å². The maximum absolute atomic E-state index is 12.0. The van der Waals surface area contributed by atoms with Crippen molar-refractivity contribution in [2.75, 3.05) is 0 Å². The minimum absolute atomic E-state index is 0.0544. The highest BCUT2D eigenvalue weighted by molar-refractivity contribution is 7.89. The molecule has 8 heteroatoms. The van der Waals surface area contributed by atoms with Gasteiger partial charge in [0.25, 0.3) is 0 Å². The number of aliphatic carboxylic acids is 2. The Balaban J connectivity index is 2.79. The predicted molar refractivity (Wildman–Crippen MR) is 81.2 cm³/mol. The molecule has 4 N–H and O–H groups in total. The molecule has 0 aromatic heterocycles. The van der Waals surface area contributed by atoms with Crippen LogP contribution in [0.3, 0.4) is 0 Å². The predicted octanol–water partition coefficient (Wildman–Crippen LogP) is 1.02. The van der Waals surface area contributed by atoms with E-state index in [-0.39, 0.29) is 22.5 Å². The van der Waals surface area contributed by atoms with E-state index in [0.717, 1.165) is 0 Å². The summed E-state index contributed by atoms with van der Waals surface area (Å²) in [5.74, 6) is -2.60. The molecule has 0 spiro atoms. The van der Waals surface area contributed by atoms with Crippen LogP contribution in [0, 0.1) is 0 Å². The molecule has 0 radical (unpaired) electrons. The lowest BCUT2D eigenvalue weighted by molar-refractivity contribution is -0.142. The van der Waals surface area contributed by atoms with Crippen LogP contribution in [0.15, 0.2) is 52.5 Å². The summed E-state index contributed by atoms with van der Waals surface area (Å²) in [5.41, 5.74) is -1.56. The van der Waals surface area contributed by atoms with Gasteiger partial charge < -0.3 is 10.2 Å². The first-order chi connectivity index (χ1) is 10.6. The first-order valence-corrected chi connectivity index (χ1v) is 8.11. The fourth-order valence-corrected chi connectivity index (χ4v) is 3.58. The zero-order valence-corrected chi connectivity index (χ0v) is 13.0. The zero-order chi connectivity index (χ0) is 17.4. The Morgan fingerprint density at radius 1 is 1.22 bits per heavy atom. The Morgan fingerprint density at radius 3 is 2.35 bits per heavy atom. The molecule has 0 heterocycles. The number of sulfonamides is 1. The Hall–Kier alpha value is -2.45. The summed E-state index contributed by atoms with van der Waals surface area (Å²) in [6.07, 6.45) is 2.34. The smallest absolute Gasteiger partial charge is 0.331 e. The van der Waals surface area contributed by atoms with Gasteiger partial charge in [-0.2, -0.15) is 0 Å². The van der Waals surface area contributed by atoms with Gasteiger partial charge in [0.1, 0.15) is 5.41 Å². The number of benzene rings is 1. The van der Waals surface area contributed by atoms with E-state index in [1.807, 2.05) is 0 Å². The second-order valence-electron chi connectivity index (χ2n) is 5.36. The number of primary sulfonamides is 1. The van der Waals surface area contributed by atoms with E-state index in [2.05, 4.69) is 0 Å². The number of nitrogens with two attached hydrogens (primary N) is 1. The van der Waals surface area contributed by atoms with E-state index in [1.54, 1.807) is 6.92 Å². The van der Waals surface area contributed by atoms with Gasteiger partial charge in [-0.15, -0.1) is 0 Å². The monoisotopic (exact) mass is 337 g/mol. The Labute approximate surface area is 132 Å². The number of hydrogen-bond acceptors (Lipinski definition) is 4. The molecule has 1 unspecified atom stereocenters. The number of carbonyl (C=O) groups is 2. The van der Waals surface area contributed by atoms with Crippen LogP contribution in [0.25, 0.3) is 0 Å². The van der Waals surface area contributed by atoms with Crippen molar-refractivity contribution in [2.45, 2.75) is 23.7 Å². The highest BCUT2D eigenvalue weighted by Crippen LogP contribution is 2.40. The summed E-state index contributed by atoms with van der Waals surface area (Å²) in [6, 6.07) is 5.45. The lowest BCUT2D eigenvalue weighted by atomic mass is 9.71. The van der Waals surface area contributed by atoms with Crippen molar-refractivity contribution < 1.29 is 28.2 Å². The van der Waals surface area contributed by atoms with E-state index in [1.165, 1.54) is 36.4 Å². The molecule has 1 aliphatic rings. The maximum Gasteiger partial charge on any atom is 0.331 e. The average molecular weight is 337 g/mol. The molecule has 1 aromatic carbocycles. The van der Waals surface area contributed by atoms with Crippen LogP contribution in [0.2, 0.25) is 0 Å². The molecule has 0 amide bonds. The van der Waals surface area contributed by atoms with Gasteiger partial charge in [0.15, 0.2) is 0 Å². The Bertz CT molecular complexity index is 852. The minimum Gasteiger partial charge on any atom is -0.480 e. The van der Waals surface area contributed by atoms with Crippen molar-refractivity contribution in [1.82, 2.24) is 0 Å². The summed E-state index contributed by atoms with van der Waals surface area (Å²) in [7, 11) is -4.17. The number of rotatable bonds is 4. The molecule has 0 fully saturated rings. The highest BCUT2D eigenvalue weighted by Gasteiger charge is 2.44. The van der Waals surface area contributed by atoms with Crippen molar-refractivity contribution >= 4 is 22.0 Å². The molecule has 0 bridgehead atoms. The number of allylic oxidation sites excluding steroid dienone is 2. The van der Waals surface area contributed by atoms with E-state index < -0.39 is 27.4 Å². The van der Waals surface area contributed by atoms with Crippen molar-refractivity contribution in [3.8, 4) is 0 Å². The third-order valence-corrected chi connectivity index (χ3v) is 4.64. The summed E-state index contributed by atoms with van der Waals surface area (Å²) >= 11 is 0. The maximum atomic E-state index is 12.0. The van der Waals surface area contributed by atoms with Gasteiger partial charge in [0.05, 0.1) is 4.90 Å². The lowest BCUT2D eigenvalue weighted by Gasteiger charge is -2.31. The van der Waals surface area contributed by atoms with Crippen LogP contribution < -0.4 is 5.14 Å². The zero-order valence-electron chi connectivity index (χ0n) is 12.2. The van der Waals surface area contributed by atoms with E-state index in [0.29, 0.717) is 5.57 Å². The molecule has 23 heavy (non-hydrogen) atoms. The molecule has 0 aliphatic heterocycles. The van der Waals surface area contributed by atoms with Crippen LogP contribution in [0.5, 0.6) is 0 Å². The molecular weight excluding hydrogens is 322 g/mol. The highest BCUT2D eigenvalue weighted by atomic mass is 32.2. The van der Waals surface area contributed by atoms with Gasteiger partial charge in [0.2, 0.25) is 10.0 Å². The largest absolute Gasteiger partial charge is 0.480 e. The molecule has 0 saturated carbocycles. The van der Waals surface area contributed by atoms with Crippen LogP contribution in [-0.4, -0.2) is 30.6 Å². The van der Waals surface area contributed by atoms with Crippen molar-refractivity contribution in [2.24, 2.45) is 5.14 Å². The van der Waals surface area contributed by atoms with Gasteiger partial charge >= 0.3 is 11.9 Å². The summed E-state index contributed by atoms with van der Waals surface area (Å²) in [6.45, 7) is 1.55. The first-order valence-electron chi connectivity index (χ1n) is 6.57. The third-order valence-electron chi connectivity index (χ3n) is 3.68. The molecule has 1 atom stereocenters. The van der Waals surface area contributed by atoms with Crippen LogP contribution in [-0.2, 0) is 25.0 Å². The fraction of sp³-hybridized carbons (Fsp3) is 0.200. The standard InChI is InChI=1S/C15H15NO6S/c1-9-6-10(13(17)18)8-15(7-9,14(19)20)11-4-2-3-5-12(11)23(16,21)22/h2-7H,8H2,1H3,(H,17,18)(H,19,20)(H2,16,21,22). The van der Waals surface area contributed by atoms with Gasteiger partial charge in [-0.1, -0.05) is 29.8 Å². The number of carboxylic acids is 2. The molecule has 2 rings (SSSR count). The Kier molecular flexibility index (Phi) is 4.14. The second kappa shape index (κ2) is 5.64. The van der Waals surface area contributed by atoms with Crippen molar-refractivity contribution in [1.29, 1.82) is 0 Å². The van der Waals surface area contributed by atoms with Gasteiger partial charge in [-0.05, 0) is 24.6 Å². The van der Waals surface area contributed by atoms with Gasteiger partial charge in [0, 0.05) is 12.0 Å². The topological polar surface area (TPSA) is 135 Å². The van der Waals surface area contributed by atoms with E-state index in [4.69, 9.17) is 5.14 Å². The van der Waals surface area contributed by atoms with Crippen molar-refractivity contribution in [3.63, 3.8) is 0 Å². The number of hydrogen-bond donors (Lipinski definition) is 3. The van der Waals surface area contributed by atoms with Crippen molar-refractivity contribution in [3.05, 3.63) is 53.1 Å². The van der Waals surface area contributed by atoms with Gasteiger partial charge in [-0.25, -0.2) is 18.4 Å². The summed E-state index contributed by atoms with van der Waals surface area (Å²) in [5, 5.41) is 24.1.